The van der Waals surface area contributed by atoms with Crippen molar-refractivity contribution < 1.29 is 19.1 Å². The summed E-state index contributed by atoms with van der Waals surface area (Å²) < 4.78 is 11.9. The van der Waals surface area contributed by atoms with E-state index in [1.165, 1.54) is 0 Å². The van der Waals surface area contributed by atoms with Gasteiger partial charge in [-0.1, -0.05) is 30.3 Å². The van der Waals surface area contributed by atoms with Gasteiger partial charge in [-0.3, -0.25) is 4.79 Å². The van der Waals surface area contributed by atoms with Gasteiger partial charge in [-0.25, -0.2) is 0 Å². The number of furan rings is 1. The van der Waals surface area contributed by atoms with Gasteiger partial charge in [0.25, 0.3) is 5.91 Å². The Labute approximate surface area is 170 Å². The molecule has 1 fully saturated rings. The van der Waals surface area contributed by atoms with Gasteiger partial charge in [-0.15, -0.1) is 0 Å². The molecule has 5 nitrogen and oxygen atoms in total. The second-order valence-electron chi connectivity index (χ2n) is 7.91. The topological polar surface area (TPSA) is 62.9 Å². The second-order valence-corrected chi connectivity index (χ2v) is 7.91. The number of hydrogen-bond donors (Lipinski definition) is 1. The van der Waals surface area contributed by atoms with E-state index >= 15 is 0 Å². The third-order valence-corrected chi connectivity index (χ3v) is 5.76. The Balaban J connectivity index is 1.72. The summed E-state index contributed by atoms with van der Waals surface area (Å²) in [5.41, 5.74) is 4.45. The largest absolute Gasteiger partial charge is 0.508 e. The third-order valence-electron chi connectivity index (χ3n) is 5.76. The van der Waals surface area contributed by atoms with Gasteiger partial charge in [0, 0.05) is 36.2 Å². The number of carbonyl (C=O) groups is 1. The van der Waals surface area contributed by atoms with E-state index in [2.05, 4.69) is 6.07 Å². The molecule has 0 spiro atoms. The second kappa shape index (κ2) is 7.91. The highest BCUT2D eigenvalue weighted by Gasteiger charge is 2.28. The van der Waals surface area contributed by atoms with Crippen LogP contribution in [0.1, 0.15) is 45.7 Å². The van der Waals surface area contributed by atoms with Crippen molar-refractivity contribution in [2.24, 2.45) is 0 Å². The lowest BCUT2D eigenvalue weighted by atomic mass is 10.0. The summed E-state index contributed by atoms with van der Waals surface area (Å²) in [7, 11) is 0. The molecule has 2 heterocycles. The standard InChI is InChI=1S/C24H27NO4/c1-15-10-11-16(2)22-21(15)17(3)23(29-22)24(27)25(14-19-8-6-12-28-19)13-18-7-4-5-9-20(18)26/h4-5,7,9-11,19,26H,6,8,12-14H2,1-3H3/t19-/m1/s1. The van der Waals surface area contributed by atoms with Gasteiger partial charge in [0.2, 0.25) is 0 Å². The first-order valence-corrected chi connectivity index (χ1v) is 10.1. The van der Waals surface area contributed by atoms with E-state index in [9.17, 15) is 9.90 Å². The molecule has 29 heavy (non-hydrogen) atoms. The number of carbonyl (C=O) groups excluding carboxylic acids is 1. The first-order valence-electron chi connectivity index (χ1n) is 10.1. The Morgan fingerprint density at radius 1 is 1.14 bits per heavy atom. The number of amides is 1. The highest BCUT2D eigenvalue weighted by molar-refractivity contribution is 6.00. The van der Waals surface area contributed by atoms with Crippen molar-refractivity contribution in [1.82, 2.24) is 4.90 Å². The molecule has 5 heteroatoms. The Kier molecular flexibility index (Phi) is 5.33. The fourth-order valence-electron chi connectivity index (χ4n) is 4.13. The molecule has 1 aliphatic rings. The van der Waals surface area contributed by atoms with Crippen molar-refractivity contribution in [3.8, 4) is 5.75 Å². The number of phenols is 1. The van der Waals surface area contributed by atoms with Crippen molar-refractivity contribution in [2.45, 2.75) is 46.3 Å². The van der Waals surface area contributed by atoms with E-state index in [1.54, 1.807) is 17.0 Å². The average molecular weight is 393 g/mol. The maximum atomic E-state index is 13.6. The molecule has 0 radical (unpaired) electrons. The first-order chi connectivity index (χ1) is 14.0. The quantitative estimate of drug-likeness (QED) is 0.671. The SMILES string of the molecule is Cc1ccc(C)c2c(C)c(C(=O)N(Cc3ccccc3O)C[C@H]3CCCO3)oc12. The molecule has 1 N–H and O–H groups in total. The summed E-state index contributed by atoms with van der Waals surface area (Å²) in [6.07, 6.45) is 1.95. The summed E-state index contributed by atoms with van der Waals surface area (Å²) >= 11 is 0. The zero-order valence-corrected chi connectivity index (χ0v) is 17.2. The molecular weight excluding hydrogens is 366 g/mol. The van der Waals surface area contributed by atoms with Gasteiger partial charge >= 0.3 is 0 Å². The molecule has 152 valence electrons. The summed E-state index contributed by atoms with van der Waals surface area (Å²) in [6, 6.07) is 11.2. The molecule has 1 amide bonds. The van der Waals surface area contributed by atoms with Crippen molar-refractivity contribution in [3.05, 3.63) is 64.4 Å². The van der Waals surface area contributed by atoms with Gasteiger partial charge in [-0.05, 0) is 50.8 Å². The highest BCUT2D eigenvalue weighted by Crippen LogP contribution is 2.32. The summed E-state index contributed by atoms with van der Waals surface area (Å²) in [6.45, 7) is 7.47. The highest BCUT2D eigenvalue weighted by atomic mass is 16.5. The number of ether oxygens (including phenoxy) is 1. The minimum absolute atomic E-state index is 0.0120. The van der Waals surface area contributed by atoms with E-state index in [1.807, 2.05) is 39.0 Å². The number of nitrogens with zero attached hydrogens (tertiary/aromatic N) is 1. The zero-order valence-electron chi connectivity index (χ0n) is 17.2. The van der Waals surface area contributed by atoms with Crippen molar-refractivity contribution in [3.63, 3.8) is 0 Å². The number of aromatic hydroxyl groups is 1. The van der Waals surface area contributed by atoms with Gasteiger partial charge < -0.3 is 19.2 Å². The van der Waals surface area contributed by atoms with Gasteiger partial charge in [-0.2, -0.15) is 0 Å². The van der Waals surface area contributed by atoms with Crippen LogP contribution in [0.3, 0.4) is 0 Å². The van der Waals surface area contributed by atoms with Crippen LogP contribution in [0.4, 0.5) is 0 Å². The Morgan fingerprint density at radius 3 is 2.59 bits per heavy atom. The summed E-state index contributed by atoms with van der Waals surface area (Å²) in [5.74, 6) is 0.382. The lowest BCUT2D eigenvalue weighted by molar-refractivity contribution is 0.0483. The van der Waals surface area contributed by atoms with Crippen LogP contribution < -0.4 is 0 Å². The summed E-state index contributed by atoms with van der Waals surface area (Å²) in [4.78, 5) is 15.3. The molecule has 0 unspecified atom stereocenters. The van der Waals surface area contributed by atoms with Gasteiger partial charge in [0.15, 0.2) is 5.76 Å². The van der Waals surface area contributed by atoms with E-state index in [-0.39, 0.29) is 17.8 Å². The molecular formula is C24H27NO4. The Hall–Kier alpha value is -2.79. The number of para-hydroxylation sites is 1. The molecule has 2 aromatic carbocycles. The van der Waals surface area contributed by atoms with Crippen LogP contribution >= 0.6 is 0 Å². The maximum Gasteiger partial charge on any atom is 0.290 e. The fraction of sp³-hybridized carbons (Fsp3) is 0.375. The van der Waals surface area contributed by atoms with E-state index in [0.29, 0.717) is 24.4 Å². The maximum absolute atomic E-state index is 13.6. The predicted molar refractivity (Wildman–Crippen MR) is 112 cm³/mol. The minimum atomic E-state index is -0.170. The molecule has 1 atom stereocenters. The normalized spacial score (nSPS) is 16.4. The van der Waals surface area contributed by atoms with Crippen LogP contribution in [-0.2, 0) is 11.3 Å². The molecule has 1 aliphatic heterocycles. The monoisotopic (exact) mass is 393 g/mol. The smallest absolute Gasteiger partial charge is 0.290 e. The lowest BCUT2D eigenvalue weighted by Gasteiger charge is -2.25. The number of benzene rings is 2. The van der Waals surface area contributed by atoms with Crippen molar-refractivity contribution >= 4 is 16.9 Å². The van der Waals surface area contributed by atoms with E-state index in [0.717, 1.165) is 47.1 Å². The number of rotatable bonds is 5. The van der Waals surface area contributed by atoms with Crippen LogP contribution in [-0.4, -0.2) is 35.2 Å². The number of phenolic OH excluding ortho intramolecular Hbond substituents is 1. The molecule has 4 rings (SSSR count). The molecule has 0 saturated carbocycles. The molecule has 1 saturated heterocycles. The summed E-state index contributed by atoms with van der Waals surface area (Å²) in [5, 5.41) is 11.2. The van der Waals surface area contributed by atoms with Gasteiger partial charge in [0.05, 0.1) is 6.10 Å². The molecule has 0 bridgehead atoms. The van der Waals surface area contributed by atoms with E-state index < -0.39 is 0 Å². The number of aryl methyl sites for hydroxylation is 3. The van der Waals surface area contributed by atoms with Crippen LogP contribution in [0.25, 0.3) is 11.0 Å². The van der Waals surface area contributed by atoms with Crippen LogP contribution in [0.15, 0.2) is 40.8 Å². The van der Waals surface area contributed by atoms with Crippen molar-refractivity contribution in [1.29, 1.82) is 0 Å². The number of hydrogen-bond acceptors (Lipinski definition) is 4. The lowest BCUT2D eigenvalue weighted by Crippen LogP contribution is -2.37. The molecule has 0 aliphatic carbocycles. The average Bonchev–Trinajstić information content (AvgIpc) is 3.34. The fourth-order valence-corrected chi connectivity index (χ4v) is 4.13. The van der Waals surface area contributed by atoms with Gasteiger partial charge in [0.1, 0.15) is 11.3 Å². The van der Waals surface area contributed by atoms with Crippen LogP contribution in [0.5, 0.6) is 5.75 Å². The third kappa shape index (κ3) is 3.75. The van der Waals surface area contributed by atoms with Crippen LogP contribution in [0, 0.1) is 20.8 Å². The first kappa shape index (κ1) is 19.5. The Morgan fingerprint density at radius 2 is 1.90 bits per heavy atom. The van der Waals surface area contributed by atoms with E-state index in [4.69, 9.17) is 9.15 Å². The molecule has 3 aromatic rings. The zero-order chi connectivity index (χ0) is 20.5. The number of fused-ring (bicyclic) bond motifs is 1. The Bertz CT molecular complexity index is 1050. The predicted octanol–water partition coefficient (Wildman–Crippen LogP) is 4.89. The minimum Gasteiger partial charge on any atom is -0.508 e. The molecule has 1 aromatic heterocycles. The van der Waals surface area contributed by atoms with Crippen molar-refractivity contribution in [2.75, 3.05) is 13.2 Å². The van der Waals surface area contributed by atoms with Crippen LogP contribution in [0.2, 0.25) is 0 Å².